The zero-order chi connectivity index (χ0) is 13.9. The van der Waals surface area contributed by atoms with E-state index in [1.807, 2.05) is 43.3 Å². The van der Waals surface area contributed by atoms with Crippen LogP contribution in [0.5, 0.6) is 5.75 Å². The Balaban J connectivity index is 1.87. The standard InChI is InChI=1S/C16H13BrN2O/c1-11-5-6-12-3-2-4-15(16(12)19-11)20-10-14-8-7-13(17)9-18-14/h2-9H,10H2,1H3. The van der Waals surface area contributed by atoms with E-state index in [4.69, 9.17) is 4.74 Å². The lowest BCUT2D eigenvalue weighted by molar-refractivity contribution is 0.304. The molecule has 0 radical (unpaired) electrons. The monoisotopic (exact) mass is 328 g/mol. The van der Waals surface area contributed by atoms with Crippen molar-refractivity contribution in [1.29, 1.82) is 0 Å². The van der Waals surface area contributed by atoms with Crippen LogP contribution in [-0.4, -0.2) is 9.97 Å². The van der Waals surface area contributed by atoms with Crippen LogP contribution < -0.4 is 4.74 Å². The molecule has 0 saturated heterocycles. The number of hydrogen-bond donors (Lipinski definition) is 0. The Bertz CT molecular complexity index is 741. The van der Waals surface area contributed by atoms with E-state index in [-0.39, 0.29) is 0 Å². The molecule has 3 aromatic rings. The van der Waals surface area contributed by atoms with Gasteiger partial charge in [0.15, 0.2) is 0 Å². The molecule has 2 heterocycles. The Morgan fingerprint density at radius 1 is 1.10 bits per heavy atom. The van der Waals surface area contributed by atoms with E-state index in [0.29, 0.717) is 6.61 Å². The summed E-state index contributed by atoms with van der Waals surface area (Å²) in [6.07, 6.45) is 1.77. The number of pyridine rings is 2. The first-order chi connectivity index (χ1) is 9.72. The van der Waals surface area contributed by atoms with Gasteiger partial charge in [-0.05, 0) is 47.1 Å². The molecule has 3 rings (SSSR count). The summed E-state index contributed by atoms with van der Waals surface area (Å²) in [5.74, 6) is 0.788. The maximum absolute atomic E-state index is 5.86. The molecule has 0 unspecified atom stereocenters. The average molecular weight is 329 g/mol. The molecule has 100 valence electrons. The predicted molar refractivity (Wildman–Crippen MR) is 82.7 cm³/mol. The minimum Gasteiger partial charge on any atom is -0.485 e. The summed E-state index contributed by atoms with van der Waals surface area (Å²) in [6, 6.07) is 13.9. The minimum atomic E-state index is 0.433. The molecule has 0 atom stereocenters. The molecule has 0 aliphatic carbocycles. The molecule has 4 heteroatoms. The lowest BCUT2D eigenvalue weighted by Crippen LogP contribution is -1.99. The van der Waals surface area contributed by atoms with E-state index in [1.165, 1.54) is 0 Å². The zero-order valence-electron chi connectivity index (χ0n) is 11.0. The molecule has 2 aromatic heterocycles. The van der Waals surface area contributed by atoms with Crippen molar-refractivity contribution in [3.05, 3.63) is 64.5 Å². The molecule has 0 spiro atoms. The van der Waals surface area contributed by atoms with E-state index >= 15 is 0 Å². The Labute approximate surface area is 125 Å². The summed E-state index contributed by atoms with van der Waals surface area (Å²) in [7, 11) is 0. The molecular weight excluding hydrogens is 316 g/mol. The Morgan fingerprint density at radius 2 is 2.00 bits per heavy atom. The fraction of sp³-hybridized carbons (Fsp3) is 0.125. The van der Waals surface area contributed by atoms with E-state index < -0.39 is 0 Å². The highest BCUT2D eigenvalue weighted by molar-refractivity contribution is 9.10. The van der Waals surface area contributed by atoms with Gasteiger partial charge in [0.05, 0.1) is 5.69 Å². The van der Waals surface area contributed by atoms with Crippen LogP contribution in [0.15, 0.2) is 53.1 Å². The molecule has 0 saturated carbocycles. The van der Waals surface area contributed by atoms with Gasteiger partial charge in [-0.3, -0.25) is 4.98 Å². The van der Waals surface area contributed by atoms with Gasteiger partial charge in [-0.2, -0.15) is 0 Å². The molecule has 0 amide bonds. The molecule has 3 nitrogen and oxygen atoms in total. The molecule has 0 N–H and O–H groups in total. The number of benzene rings is 1. The molecule has 1 aromatic carbocycles. The van der Waals surface area contributed by atoms with Crippen LogP contribution >= 0.6 is 15.9 Å². The van der Waals surface area contributed by atoms with Crippen LogP contribution in [0.4, 0.5) is 0 Å². The van der Waals surface area contributed by atoms with Crippen LogP contribution in [0.25, 0.3) is 10.9 Å². The van der Waals surface area contributed by atoms with Gasteiger partial charge < -0.3 is 4.74 Å². The van der Waals surface area contributed by atoms with Gasteiger partial charge in [-0.15, -0.1) is 0 Å². The van der Waals surface area contributed by atoms with Crippen molar-refractivity contribution in [3.8, 4) is 5.75 Å². The summed E-state index contributed by atoms with van der Waals surface area (Å²) in [4.78, 5) is 8.85. The molecule has 0 fully saturated rings. The van der Waals surface area contributed by atoms with E-state index in [0.717, 1.165) is 32.5 Å². The van der Waals surface area contributed by atoms with Gasteiger partial charge in [0.2, 0.25) is 0 Å². The minimum absolute atomic E-state index is 0.433. The third kappa shape index (κ3) is 2.80. The lowest BCUT2D eigenvalue weighted by Gasteiger charge is -2.09. The largest absolute Gasteiger partial charge is 0.485 e. The summed E-state index contributed by atoms with van der Waals surface area (Å²) in [5, 5.41) is 1.08. The molecule has 0 aliphatic heterocycles. The van der Waals surface area contributed by atoms with Gasteiger partial charge in [0.1, 0.15) is 17.9 Å². The number of para-hydroxylation sites is 1. The average Bonchev–Trinajstić information content (AvgIpc) is 2.47. The van der Waals surface area contributed by atoms with Gasteiger partial charge >= 0.3 is 0 Å². The van der Waals surface area contributed by atoms with Gasteiger partial charge in [-0.25, -0.2) is 4.98 Å². The summed E-state index contributed by atoms with van der Waals surface area (Å²) < 4.78 is 6.82. The zero-order valence-corrected chi connectivity index (χ0v) is 12.6. The maximum Gasteiger partial charge on any atom is 0.146 e. The predicted octanol–water partition coefficient (Wildman–Crippen LogP) is 4.28. The third-order valence-corrected chi connectivity index (χ3v) is 3.46. The van der Waals surface area contributed by atoms with Crippen molar-refractivity contribution < 1.29 is 4.74 Å². The van der Waals surface area contributed by atoms with E-state index in [9.17, 15) is 0 Å². The van der Waals surface area contributed by atoms with Crippen LogP contribution in [0.1, 0.15) is 11.4 Å². The highest BCUT2D eigenvalue weighted by Gasteiger charge is 2.04. The number of hydrogen-bond acceptors (Lipinski definition) is 3. The second-order valence-electron chi connectivity index (χ2n) is 4.54. The molecule has 0 bridgehead atoms. The number of rotatable bonds is 3. The smallest absolute Gasteiger partial charge is 0.146 e. The molecule has 20 heavy (non-hydrogen) atoms. The van der Waals surface area contributed by atoms with Gasteiger partial charge in [0.25, 0.3) is 0 Å². The number of nitrogens with zero attached hydrogens (tertiary/aromatic N) is 2. The van der Waals surface area contributed by atoms with Crippen molar-refractivity contribution in [2.24, 2.45) is 0 Å². The topological polar surface area (TPSA) is 35.0 Å². The number of aryl methyl sites for hydroxylation is 1. The van der Waals surface area contributed by atoms with Crippen molar-refractivity contribution in [2.75, 3.05) is 0 Å². The van der Waals surface area contributed by atoms with Crippen molar-refractivity contribution in [2.45, 2.75) is 13.5 Å². The van der Waals surface area contributed by atoms with Gasteiger partial charge in [0, 0.05) is 21.7 Å². The van der Waals surface area contributed by atoms with Crippen LogP contribution in [-0.2, 0) is 6.61 Å². The number of halogens is 1. The normalized spacial score (nSPS) is 10.7. The molecule has 0 aliphatic rings. The first kappa shape index (κ1) is 13.1. The third-order valence-electron chi connectivity index (χ3n) is 2.99. The maximum atomic E-state index is 5.86. The SMILES string of the molecule is Cc1ccc2cccc(OCc3ccc(Br)cn3)c2n1. The summed E-state index contributed by atoms with van der Waals surface area (Å²) >= 11 is 3.37. The Morgan fingerprint density at radius 3 is 2.80 bits per heavy atom. The van der Waals surface area contributed by atoms with Crippen LogP contribution in [0.2, 0.25) is 0 Å². The quantitative estimate of drug-likeness (QED) is 0.719. The Hall–Kier alpha value is -1.94. The first-order valence-electron chi connectivity index (χ1n) is 6.32. The molecular formula is C16H13BrN2O. The number of ether oxygens (including phenoxy) is 1. The number of fused-ring (bicyclic) bond motifs is 1. The highest BCUT2D eigenvalue weighted by Crippen LogP contribution is 2.24. The summed E-state index contributed by atoms with van der Waals surface area (Å²) in [6.45, 7) is 2.41. The van der Waals surface area contributed by atoms with Crippen molar-refractivity contribution in [1.82, 2.24) is 9.97 Å². The van der Waals surface area contributed by atoms with E-state index in [2.05, 4.69) is 32.0 Å². The van der Waals surface area contributed by atoms with Crippen molar-refractivity contribution >= 4 is 26.8 Å². The van der Waals surface area contributed by atoms with Crippen LogP contribution in [0, 0.1) is 6.92 Å². The summed E-state index contributed by atoms with van der Waals surface area (Å²) in [5.41, 5.74) is 2.76. The fourth-order valence-corrected chi connectivity index (χ4v) is 2.21. The van der Waals surface area contributed by atoms with Gasteiger partial charge in [-0.1, -0.05) is 18.2 Å². The van der Waals surface area contributed by atoms with Crippen LogP contribution in [0.3, 0.4) is 0 Å². The first-order valence-corrected chi connectivity index (χ1v) is 7.11. The second kappa shape index (κ2) is 5.59. The Kier molecular flexibility index (Phi) is 3.65. The van der Waals surface area contributed by atoms with Crippen molar-refractivity contribution in [3.63, 3.8) is 0 Å². The van der Waals surface area contributed by atoms with E-state index in [1.54, 1.807) is 6.20 Å². The highest BCUT2D eigenvalue weighted by atomic mass is 79.9. The number of aromatic nitrogens is 2. The fourth-order valence-electron chi connectivity index (χ4n) is 1.98. The lowest BCUT2D eigenvalue weighted by atomic mass is 10.2. The second-order valence-corrected chi connectivity index (χ2v) is 5.45.